The Balaban J connectivity index is 1.82. The van der Waals surface area contributed by atoms with Crippen molar-refractivity contribution in [1.82, 2.24) is 4.90 Å². The van der Waals surface area contributed by atoms with Crippen molar-refractivity contribution < 1.29 is 13.2 Å². The lowest BCUT2D eigenvalue weighted by molar-refractivity contribution is -0.127. The van der Waals surface area contributed by atoms with Crippen LogP contribution in [0.4, 0.5) is 11.4 Å². The molecule has 1 fully saturated rings. The molecule has 5 nitrogen and oxygen atoms in total. The van der Waals surface area contributed by atoms with Gasteiger partial charge in [0.05, 0.1) is 10.6 Å². The molecule has 2 aromatic rings. The van der Waals surface area contributed by atoms with Crippen molar-refractivity contribution >= 4 is 27.1 Å². The number of nitrogens with zero attached hydrogens (tertiary/aromatic N) is 2. The van der Waals surface area contributed by atoms with E-state index in [-0.39, 0.29) is 9.80 Å². The summed E-state index contributed by atoms with van der Waals surface area (Å²) in [5, 5.41) is 0. The first-order valence-corrected chi connectivity index (χ1v) is 11.5. The van der Waals surface area contributed by atoms with Crippen molar-refractivity contribution in [2.75, 3.05) is 18.0 Å². The average Bonchev–Trinajstić information content (AvgIpc) is 2.70. The summed E-state index contributed by atoms with van der Waals surface area (Å²) in [7, 11) is -3.88. The molecule has 2 aliphatic heterocycles. The fourth-order valence-electron chi connectivity index (χ4n) is 3.88. The van der Waals surface area contributed by atoms with E-state index in [1.807, 2.05) is 43.0 Å². The largest absolute Gasteiger partial charge is 0.338 e. The predicted octanol–water partition coefficient (Wildman–Crippen LogP) is 4.33. The summed E-state index contributed by atoms with van der Waals surface area (Å²) in [5.41, 5.74) is 3.68. The monoisotopic (exact) mass is 410 g/mol. The van der Waals surface area contributed by atoms with Gasteiger partial charge in [-0.05, 0) is 68.0 Å². The van der Waals surface area contributed by atoms with Crippen LogP contribution in [0.1, 0.15) is 30.9 Å². The molecule has 0 aromatic heterocycles. The van der Waals surface area contributed by atoms with Gasteiger partial charge in [-0.1, -0.05) is 25.1 Å². The van der Waals surface area contributed by atoms with Gasteiger partial charge in [0.1, 0.15) is 0 Å². The van der Waals surface area contributed by atoms with Crippen molar-refractivity contribution in [1.29, 1.82) is 0 Å². The van der Waals surface area contributed by atoms with Gasteiger partial charge in [-0.2, -0.15) is 0 Å². The quantitative estimate of drug-likeness (QED) is 0.739. The lowest BCUT2D eigenvalue weighted by atomic mass is 9.99. The van der Waals surface area contributed by atoms with E-state index >= 15 is 0 Å². The van der Waals surface area contributed by atoms with E-state index in [1.54, 1.807) is 23.1 Å². The molecule has 0 spiro atoms. The molecule has 0 atom stereocenters. The first kappa shape index (κ1) is 19.7. The minimum Gasteiger partial charge on any atom is -0.338 e. The highest BCUT2D eigenvalue weighted by atomic mass is 32.2. The number of carbonyl (C=O) groups is 1. The first-order valence-electron chi connectivity index (χ1n) is 10.0. The second kappa shape index (κ2) is 7.34. The van der Waals surface area contributed by atoms with Crippen molar-refractivity contribution in [3.63, 3.8) is 0 Å². The van der Waals surface area contributed by atoms with Crippen LogP contribution in [0.2, 0.25) is 0 Å². The molecule has 0 saturated carbocycles. The van der Waals surface area contributed by atoms with Crippen molar-refractivity contribution in [3.05, 3.63) is 64.7 Å². The fourth-order valence-corrected chi connectivity index (χ4v) is 5.42. The second-order valence-electron chi connectivity index (χ2n) is 8.08. The summed E-state index contributed by atoms with van der Waals surface area (Å²) in [4.78, 5) is 16.8. The number of likely N-dealkylation sites (tertiary alicyclic amines) is 1. The third kappa shape index (κ3) is 3.46. The number of piperidine rings is 1. The zero-order chi connectivity index (χ0) is 20.8. The predicted molar refractivity (Wildman–Crippen MR) is 115 cm³/mol. The molecule has 152 valence electrons. The molecule has 1 amide bonds. The molecule has 2 heterocycles. The maximum atomic E-state index is 13.3. The van der Waals surface area contributed by atoms with E-state index in [2.05, 4.69) is 6.92 Å². The Morgan fingerprint density at radius 1 is 1.00 bits per heavy atom. The summed E-state index contributed by atoms with van der Waals surface area (Å²) in [6.45, 7) is 7.42. The summed E-state index contributed by atoms with van der Waals surface area (Å²) >= 11 is 0. The Morgan fingerprint density at radius 2 is 1.69 bits per heavy atom. The van der Waals surface area contributed by atoms with Gasteiger partial charge in [0, 0.05) is 25.0 Å². The molecule has 0 radical (unpaired) electrons. The molecule has 0 N–H and O–H groups in total. The Morgan fingerprint density at radius 3 is 2.38 bits per heavy atom. The lowest BCUT2D eigenvalue weighted by Crippen LogP contribution is -2.41. The van der Waals surface area contributed by atoms with Crippen LogP contribution in [-0.4, -0.2) is 32.3 Å². The van der Waals surface area contributed by atoms with Gasteiger partial charge >= 0.3 is 0 Å². The van der Waals surface area contributed by atoms with E-state index in [0.29, 0.717) is 24.7 Å². The van der Waals surface area contributed by atoms with E-state index in [0.717, 1.165) is 29.7 Å². The molecule has 6 heteroatoms. The van der Waals surface area contributed by atoms with Gasteiger partial charge < -0.3 is 9.80 Å². The van der Waals surface area contributed by atoms with Gasteiger partial charge in [0.15, 0.2) is 4.91 Å². The Kier molecular flexibility index (Phi) is 4.99. The zero-order valence-electron chi connectivity index (χ0n) is 17.1. The summed E-state index contributed by atoms with van der Waals surface area (Å²) in [5.74, 6) is 0.156. The highest BCUT2D eigenvalue weighted by molar-refractivity contribution is 7.96. The number of aryl methyl sites for hydroxylation is 2. The standard InChI is InChI=1S/C23H26N2O3S/c1-16-10-12-24(13-11-16)23(26)22-15-25(19-9-8-17(2)18(3)14-19)20-6-4-5-7-21(20)29(22,27)28/h4-9,14-16H,10-13H2,1-3H3. The van der Waals surface area contributed by atoms with Crippen LogP contribution in [-0.2, 0) is 14.6 Å². The molecule has 0 bridgehead atoms. The van der Waals surface area contributed by atoms with E-state index in [4.69, 9.17) is 0 Å². The molecule has 4 rings (SSSR count). The number of hydrogen-bond acceptors (Lipinski definition) is 4. The van der Waals surface area contributed by atoms with Gasteiger partial charge in [-0.25, -0.2) is 8.42 Å². The lowest BCUT2D eigenvalue weighted by Gasteiger charge is -2.33. The van der Waals surface area contributed by atoms with Crippen LogP contribution in [0, 0.1) is 19.8 Å². The third-order valence-corrected chi connectivity index (χ3v) is 7.78. The molecule has 0 unspecified atom stereocenters. The maximum Gasteiger partial charge on any atom is 0.267 e. The fraction of sp³-hybridized carbons (Fsp3) is 0.348. The molecule has 2 aromatic carbocycles. The number of para-hydroxylation sites is 1. The SMILES string of the molecule is Cc1ccc(N2C=C(C(=O)N3CCC(C)CC3)S(=O)(=O)c3ccccc32)cc1C. The minimum absolute atomic E-state index is 0.149. The molecule has 2 aliphatic rings. The first-order chi connectivity index (χ1) is 13.8. The highest BCUT2D eigenvalue weighted by Gasteiger charge is 2.38. The molecule has 29 heavy (non-hydrogen) atoms. The average molecular weight is 411 g/mol. The number of sulfone groups is 1. The second-order valence-corrected chi connectivity index (χ2v) is 9.96. The van der Waals surface area contributed by atoms with Crippen LogP contribution >= 0.6 is 0 Å². The normalized spacial score (nSPS) is 18.9. The Hall–Kier alpha value is -2.60. The number of hydrogen-bond donors (Lipinski definition) is 0. The van der Waals surface area contributed by atoms with Gasteiger partial charge in [-0.3, -0.25) is 4.79 Å². The molecule has 0 aliphatic carbocycles. The smallest absolute Gasteiger partial charge is 0.267 e. The van der Waals surface area contributed by atoms with Gasteiger partial charge in [0.2, 0.25) is 9.84 Å². The highest BCUT2D eigenvalue weighted by Crippen LogP contribution is 2.40. The summed E-state index contributed by atoms with van der Waals surface area (Å²) in [6, 6.07) is 12.9. The number of carbonyl (C=O) groups excluding carboxylic acids is 1. The van der Waals surface area contributed by atoms with Crippen LogP contribution in [0.3, 0.4) is 0 Å². The van der Waals surface area contributed by atoms with Gasteiger partial charge in [0.25, 0.3) is 5.91 Å². The molecular formula is C23H26N2O3S. The Labute approximate surface area is 172 Å². The number of amides is 1. The minimum atomic E-state index is -3.88. The van der Waals surface area contributed by atoms with E-state index in [9.17, 15) is 13.2 Å². The van der Waals surface area contributed by atoms with Crippen LogP contribution in [0.5, 0.6) is 0 Å². The van der Waals surface area contributed by atoms with Crippen LogP contribution in [0.25, 0.3) is 0 Å². The summed E-state index contributed by atoms with van der Waals surface area (Å²) < 4.78 is 26.6. The number of rotatable bonds is 2. The van der Waals surface area contributed by atoms with Crippen LogP contribution < -0.4 is 4.90 Å². The Bertz CT molecular complexity index is 1100. The number of anilines is 2. The van der Waals surface area contributed by atoms with Crippen molar-refractivity contribution in [2.24, 2.45) is 5.92 Å². The van der Waals surface area contributed by atoms with Gasteiger partial charge in [-0.15, -0.1) is 0 Å². The number of benzene rings is 2. The van der Waals surface area contributed by atoms with Crippen LogP contribution in [0.15, 0.2) is 58.5 Å². The maximum absolute atomic E-state index is 13.3. The topological polar surface area (TPSA) is 57.7 Å². The third-order valence-electron chi connectivity index (χ3n) is 6.00. The van der Waals surface area contributed by atoms with E-state index < -0.39 is 15.7 Å². The zero-order valence-corrected chi connectivity index (χ0v) is 17.9. The summed E-state index contributed by atoms with van der Waals surface area (Å²) in [6.07, 6.45) is 3.30. The van der Waals surface area contributed by atoms with E-state index in [1.165, 1.54) is 6.20 Å². The number of fused-ring (bicyclic) bond motifs is 1. The van der Waals surface area contributed by atoms with Crippen molar-refractivity contribution in [2.45, 2.75) is 38.5 Å². The molecular weight excluding hydrogens is 384 g/mol. The van der Waals surface area contributed by atoms with Crippen molar-refractivity contribution in [3.8, 4) is 0 Å². The molecule has 1 saturated heterocycles.